The van der Waals surface area contributed by atoms with Gasteiger partial charge in [-0.2, -0.15) is 5.10 Å². The number of hydrogen-bond donors (Lipinski definition) is 1. The van der Waals surface area contributed by atoms with Crippen LogP contribution in [-0.4, -0.2) is 29.0 Å². The summed E-state index contributed by atoms with van der Waals surface area (Å²) < 4.78 is 7.05. The molecule has 1 aromatic heterocycles. The summed E-state index contributed by atoms with van der Waals surface area (Å²) in [5.41, 5.74) is 6.88. The van der Waals surface area contributed by atoms with Crippen LogP contribution in [0.3, 0.4) is 0 Å². The smallest absolute Gasteiger partial charge is 0.0739 e. The number of hydrogen-bond acceptors (Lipinski definition) is 3. The molecule has 0 amide bonds. The lowest BCUT2D eigenvalue weighted by Crippen LogP contribution is -2.17. The Morgan fingerprint density at radius 2 is 2.29 bits per heavy atom. The molecular formula is C10H19N3O. The number of methoxy groups -OCH3 is 1. The molecule has 1 rings (SSSR count). The number of rotatable bonds is 5. The van der Waals surface area contributed by atoms with Crippen LogP contribution in [0.25, 0.3) is 0 Å². The van der Waals surface area contributed by atoms with Crippen molar-refractivity contribution in [1.29, 1.82) is 0 Å². The van der Waals surface area contributed by atoms with Gasteiger partial charge in [0.05, 0.1) is 18.8 Å². The summed E-state index contributed by atoms with van der Waals surface area (Å²) >= 11 is 0. The average Bonchev–Trinajstić information content (AvgIpc) is 2.51. The molecule has 0 fully saturated rings. The van der Waals surface area contributed by atoms with Crippen molar-refractivity contribution in [3.05, 3.63) is 18.0 Å². The predicted molar refractivity (Wildman–Crippen MR) is 56.1 cm³/mol. The molecule has 80 valence electrons. The van der Waals surface area contributed by atoms with E-state index in [0.29, 0.717) is 0 Å². The fourth-order valence-electron chi connectivity index (χ4n) is 1.32. The van der Waals surface area contributed by atoms with Crippen LogP contribution in [-0.2, 0) is 17.7 Å². The van der Waals surface area contributed by atoms with E-state index in [-0.39, 0.29) is 12.1 Å². The standard InChI is InChI=1S/C10H19N3O/c1-8(11)4-10-5-12-13(7-10)6-9(2)14-3/h5,7-9H,4,6,11H2,1-3H3. The van der Waals surface area contributed by atoms with Gasteiger partial charge in [-0.25, -0.2) is 0 Å². The largest absolute Gasteiger partial charge is 0.380 e. The minimum absolute atomic E-state index is 0.187. The second-order valence-corrected chi connectivity index (χ2v) is 3.80. The third kappa shape index (κ3) is 3.47. The molecule has 0 bridgehead atoms. The Balaban J connectivity index is 2.50. The average molecular weight is 197 g/mol. The van der Waals surface area contributed by atoms with Gasteiger partial charge < -0.3 is 10.5 Å². The summed E-state index contributed by atoms with van der Waals surface area (Å²) in [5, 5.41) is 4.24. The molecule has 0 aliphatic rings. The first-order valence-electron chi connectivity index (χ1n) is 4.91. The van der Waals surface area contributed by atoms with Crippen molar-refractivity contribution in [2.75, 3.05) is 7.11 Å². The summed E-state index contributed by atoms with van der Waals surface area (Å²) in [5.74, 6) is 0. The summed E-state index contributed by atoms with van der Waals surface area (Å²) in [6.45, 7) is 4.80. The number of nitrogens with zero attached hydrogens (tertiary/aromatic N) is 2. The minimum Gasteiger partial charge on any atom is -0.380 e. The Morgan fingerprint density at radius 3 is 2.86 bits per heavy atom. The van der Waals surface area contributed by atoms with E-state index in [4.69, 9.17) is 10.5 Å². The number of nitrogens with two attached hydrogens (primary N) is 1. The Labute approximate surface area is 85.0 Å². The van der Waals surface area contributed by atoms with Crippen LogP contribution in [0.1, 0.15) is 19.4 Å². The third-order valence-corrected chi connectivity index (χ3v) is 2.09. The van der Waals surface area contributed by atoms with Crippen LogP contribution in [0.2, 0.25) is 0 Å². The van der Waals surface area contributed by atoms with Crippen molar-refractivity contribution in [3.8, 4) is 0 Å². The molecule has 2 atom stereocenters. The van der Waals surface area contributed by atoms with E-state index in [9.17, 15) is 0 Å². The molecule has 4 heteroatoms. The molecule has 2 N–H and O–H groups in total. The molecule has 0 aliphatic heterocycles. The Bertz CT molecular complexity index is 270. The fourth-order valence-corrected chi connectivity index (χ4v) is 1.32. The molecule has 0 spiro atoms. The van der Waals surface area contributed by atoms with E-state index in [0.717, 1.165) is 13.0 Å². The molecule has 0 aliphatic carbocycles. The quantitative estimate of drug-likeness (QED) is 0.760. The molecule has 0 saturated carbocycles. The van der Waals surface area contributed by atoms with Crippen molar-refractivity contribution in [2.24, 2.45) is 5.73 Å². The summed E-state index contributed by atoms with van der Waals surface area (Å²) in [4.78, 5) is 0. The topological polar surface area (TPSA) is 53.1 Å². The van der Waals surface area contributed by atoms with Gasteiger partial charge in [0, 0.05) is 19.3 Å². The summed E-state index contributed by atoms with van der Waals surface area (Å²) in [7, 11) is 1.71. The highest BCUT2D eigenvalue weighted by atomic mass is 16.5. The van der Waals surface area contributed by atoms with E-state index < -0.39 is 0 Å². The van der Waals surface area contributed by atoms with Crippen molar-refractivity contribution >= 4 is 0 Å². The SMILES string of the molecule is COC(C)Cn1cc(CC(C)N)cn1. The van der Waals surface area contributed by atoms with Crippen molar-refractivity contribution in [3.63, 3.8) is 0 Å². The second-order valence-electron chi connectivity index (χ2n) is 3.80. The van der Waals surface area contributed by atoms with Gasteiger partial charge in [-0.15, -0.1) is 0 Å². The van der Waals surface area contributed by atoms with E-state index in [1.807, 2.05) is 30.9 Å². The maximum atomic E-state index is 5.70. The highest BCUT2D eigenvalue weighted by Gasteiger charge is 2.04. The van der Waals surface area contributed by atoms with E-state index in [1.54, 1.807) is 7.11 Å². The zero-order valence-electron chi connectivity index (χ0n) is 9.10. The molecule has 0 saturated heterocycles. The Hall–Kier alpha value is -0.870. The van der Waals surface area contributed by atoms with E-state index >= 15 is 0 Å². The van der Waals surface area contributed by atoms with Crippen molar-refractivity contribution < 1.29 is 4.74 Å². The van der Waals surface area contributed by atoms with Gasteiger partial charge in [0.25, 0.3) is 0 Å². The van der Waals surface area contributed by atoms with E-state index in [2.05, 4.69) is 5.10 Å². The predicted octanol–water partition coefficient (Wildman–Crippen LogP) is 0.808. The maximum absolute atomic E-state index is 5.70. The van der Waals surface area contributed by atoms with Crippen LogP contribution in [0, 0.1) is 0 Å². The highest BCUT2D eigenvalue weighted by molar-refractivity contribution is 5.05. The van der Waals surface area contributed by atoms with Gasteiger partial charge in [-0.1, -0.05) is 0 Å². The summed E-state index contributed by atoms with van der Waals surface area (Å²) in [6, 6.07) is 0.187. The first kappa shape index (κ1) is 11.2. The van der Waals surface area contributed by atoms with Crippen LogP contribution in [0.15, 0.2) is 12.4 Å². The summed E-state index contributed by atoms with van der Waals surface area (Å²) in [6.07, 6.45) is 4.96. The lowest BCUT2D eigenvalue weighted by molar-refractivity contribution is 0.0998. The molecular weight excluding hydrogens is 178 g/mol. The van der Waals surface area contributed by atoms with Crippen LogP contribution >= 0.6 is 0 Å². The molecule has 1 aromatic rings. The Kier molecular flexibility index (Phi) is 4.10. The minimum atomic E-state index is 0.187. The first-order valence-corrected chi connectivity index (χ1v) is 4.91. The molecule has 0 aromatic carbocycles. The van der Waals surface area contributed by atoms with E-state index in [1.165, 1.54) is 5.56 Å². The Morgan fingerprint density at radius 1 is 1.57 bits per heavy atom. The van der Waals surface area contributed by atoms with Crippen molar-refractivity contribution in [1.82, 2.24) is 9.78 Å². The van der Waals surface area contributed by atoms with Crippen molar-refractivity contribution in [2.45, 2.75) is 39.0 Å². The molecule has 4 nitrogen and oxygen atoms in total. The highest BCUT2D eigenvalue weighted by Crippen LogP contribution is 2.02. The van der Waals surface area contributed by atoms with Crippen LogP contribution in [0.5, 0.6) is 0 Å². The lowest BCUT2D eigenvalue weighted by atomic mass is 10.1. The van der Waals surface area contributed by atoms with Gasteiger partial charge in [-0.3, -0.25) is 4.68 Å². The molecule has 1 heterocycles. The maximum Gasteiger partial charge on any atom is 0.0739 e. The zero-order chi connectivity index (χ0) is 10.6. The normalized spacial score (nSPS) is 15.4. The first-order chi connectivity index (χ1) is 6.61. The number of aromatic nitrogens is 2. The van der Waals surface area contributed by atoms with Gasteiger partial charge in [0.2, 0.25) is 0 Å². The third-order valence-electron chi connectivity index (χ3n) is 2.09. The molecule has 2 unspecified atom stereocenters. The van der Waals surface area contributed by atoms with Crippen LogP contribution in [0.4, 0.5) is 0 Å². The van der Waals surface area contributed by atoms with Gasteiger partial charge in [0.1, 0.15) is 0 Å². The van der Waals surface area contributed by atoms with Gasteiger partial charge >= 0.3 is 0 Å². The number of ether oxygens (including phenoxy) is 1. The second kappa shape index (κ2) is 5.12. The zero-order valence-corrected chi connectivity index (χ0v) is 9.10. The molecule has 14 heavy (non-hydrogen) atoms. The van der Waals surface area contributed by atoms with Gasteiger partial charge in [-0.05, 0) is 25.8 Å². The lowest BCUT2D eigenvalue weighted by Gasteiger charge is -2.08. The van der Waals surface area contributed by atoms with Gasteiger partial charge in [0.15, 0.2) is 0 Å². The monoisotopic (exact) mass is 197 g/mol. The fraction of sp³-hybridized carbons (Fsp3) is 0.700. The molecule has 0 radical (unpaired) electrons. The van der Waals surface area contributed by atoms with Crippen LogP contribution < -0.4 is 5.73 Å².